The van der Waals surface area contributed by atoms with Crippen molar-refractivity contribution in [1.82, 2.24) is 9.97 Å². The van der Waals surface area contributed by atoms with Crippen LogP contribution in [0.5, 0.6) is 0 Å². The molecule has 0 spiro atoms. The molecule has 0 amide bonds. The lowest BCUT2D eigenvalue weighted by molar-refractivity contribution is 0.411. The first-order valence-corrected chi connectivity index (χ1v) is 4.97. The summed E-state index contributed by atoms with van der Waals surface area (Å²) >= 11 is 0. The minimum Gasteiger partial charge on any atom is -0.346 e. The van der Waals surface area contributed by atoms with E-state index in [1.165, 1.54) is 10.9 Å². The molecule has 74 valence electrons. The lowest BCUT2D eigenvalue weighted by Crippen LogP contribution is -2.09. The minimum atomic E-state index is 0.325. The van der Waals surface area contributed by atoms with Crippen molar-refractivity contribution in [2.75, 3.05) is 0 Å². The summed E-state index contributed by atoms with van der Waals surface area (Å²) in [4.78, 5) is 7.47. The molecule has 0 saturated heterocycles. The van der Waals surface area contributed by atoms with E-state index in [2.05, 4.69) is 42.9 Å². The molecule has 0 aliphatic carbocycles. The third kappa shape index (κ3) is 1.95. The molecule has 0 atom stereocenters. The summed E-state index contributed by atoms with van der Waals surface area (Å²) in [6.45, 7) is 6.73. The summed E-state index contributed by atoms with van der Waals surface area (Å²) in [5.41, 5.74) is 2.61. The molecule has 2 rings (SSSR count). The van der Waals surface area contributed by atoms with Gasteiger partial charge in [-0.1, -0.05) is 20.8 Å². The van der Waals surface area contributed by atoms with Gasteiger partial charge in [0.05, 0.1) is 0 Å². The van der Waals surface area contributed by atoms with E-state index in [4.69, 9.17) is 0 Å². The number of rotatable bonds is 1. The normalized spacial score (nSPS) is 12.2. The maximum absolute atomic E-state index is 4.37. The Bertz CT molecular complexity index is 435. The quantitative estimate of drug-likeness (QED) is 0.731. The van der Waals surface area contributed by atoms with Crippen LogP contribution in [0, 0.1) is 5.41 Å². The van der Waals surface area contributed by atoms with Gasteiger partial charge in [-0.15, -0.1) is 0 Å². The highest BCUT2D eigenvalue weighted by Gasteiger charge is 2.11. The van der Waals surface area contributed by atoms with Crippen molar-refractivity contribution < 1.29 is 0 Å². The van der Waals surface area contributed by atoms with Gasteiger partial charge in [0.2, 0.25) is 0 Å². The fourth-order valence-corrected chi connectivity index (χ4v) is 1.69. The zero-order valence-electron chi connectivity index (χ0n) is 8.96. The average molecular weight is 188 g/mol. The van der Waals surface area contributed by atoms with Gasteiger partial charge in [-0.2, -0.15) is 0 Å². The Labute approximate surface area is 84.4 Å². The first-order valence-electron chi connectivity index (χ1n) is 4.97. The number of nitrogens with one attached hydrogen (secondary N) is 1. The van der Waals surface area contributed by atoms with Gasteiger partial charge in [-0.25, -0.2) is 4.98 Å². The fraction of sp³-hybridized carbons (Fsp3) is 0.417. The fourth-order valence-electron chi connectivity index (χ4n) is 1.69. The van der Waals surface area contributed by atoms with Crippen molar-refractivity contribution in [3.63, 3.8) is 0 Å². The van der Waals surface area contributed by atoms with E-state index in [0.717, 1.165) is 12.1 Å². The highest BCUT2D eigenvalue weighted by molar-refractivity contribution is 5.75. The lowest BCUT2D eigenvalue weighted by atomic mass is 9.89. The van der Waals surface area contributed by atoms with E-state index >= 15 is 0 Å². The second kappa shape index (κ2) is 3.12. The van der Waals surface area contributed by atoms with Crippen molar-refractivity contribution in [3.05, 3.63) is 30.1 Å². The molecule has 2 nitrogen and oxygen atoms in total. The molecule has 0 aromatic carbocycles. The number of nitrogens with zero attached hydrogens (tertiary/aromatic N) is 1. The van der Waals surface area contributed by atoms with Gasteiger partial charge < -0.3 is 4.98 Å². The molecule has 0 unspecified atom stereocenters. The van der Waals surface area contributed by atoms with Crippen molar-refractivity contribution in [3.8, 4) is 0 Å². The van der Waals surface area contributed by atoms with Gasteiger partial charge >= 0.3 is 0 Å². The van der Waals surface area contributed by atoms with Crippen LogP contribution in [0.4, 0.5) is 0 Å². The summed E-state index contributed by atoms with van der Waals surface area (Å²) in [6, 6.07) is 4.28. The predicted octanol–water partition coefficient (Wildman–Crippen LogP) is 3.15. The summed E-state index contributed by atoms with van der Waals surface area (Å²) in [7, 11) is 0. The van der Waals surface area contributed by atoms with Crippen molar-refractivity contribution in [2.45, 2.75) is 27.2 Å². The van der Waals surface area contributed by atoms with Crippen LogP contribution in [0.15, 0.2) is 24.5 Å². The van der Waals surface area contributed by atoms with E-state index in [1.807, 2.05) is 12.4 Å². The first-order chi connectivity index (χ1) is 6.54. The van der Waals surface area contributed by atoms with Crippen LogP contribution in [0.25, 0.3) is 11.0 Å². The number of pyridine rings is 1. The Morgan fingerprint density at radius 1 is 1.36 bits per heavy atom. The zero-order chi connectivity index (χ0) is 10.2. The van der Waals surface area contributed by atoms with E-state index < -0.39 is 0 Å². The Balaban J connectivity index is 2.35. The average Bonchev–Trinajstić information content (AvgIpc) is 2.47. The second-order valence-corrected chi connectivity index (χ2v) is 5.00. The van der Waals surface area contributed by atoms with Crippen LogP contribution in [0.1, 0.15) is 26.3 Å². The van der Waals surface area contributed by atoms with Gasteiger partial charge in [-0.3, -0.25) is 0 Å². The van der Waals surface area contributed by atoms with E-state index in [1.54, 1.807) is 0 Å². The SMILES string of the molecule is CC(C)(C)Cc1cnc2[nH]ccc2c1. The zero-order valence-corrected chi connectivity index (χ0v) is 8.96. The van der Waals surface area contributed by atoms with Gasteiger partial charge in [0, 0.05) is 17.8 Å². The van der Waals surface area contributed by atoms with Crippen LogP contribution in [0.3, 0.4) is 0 Å². The molecule has 2 heteroatoms. The Hall–Kier alpha value is -1.31. The van der Waals surface area contributed by atoms with E-state index in [9.17, 15) is 0 Å². The summed E-state index contributed by atoms with van der Waals surface area (Å²) < 4.78 is 0. The maximum Gasteiger partial charge on any atom is 0.137 e. The van der Waals surface area contributed by atoms with Gasteiger partial charge in [-0.05, 0) is 29.5 Å². The van der Waals surface area contributed by atoms with Crippen LogP contribution < -0.4 is 0 Å². The Morgan fingerprint density at radius 3 is 2.86 bits per heavy atom. The molecule has 2 heterocycles. The monoisotopic (exact) mass is 188 g/mol. The number of H-pyrrole nitrogens is 1. The van der Waals surface area contributed by atoms with E-state index in [-0.39, 0.29) is 0 Å². The van der Waals surface area contributed by atoms with Crippen molar-refractivity contribution in [1.29, 1.82) is 0 Å². The predicted molar refractivity (Wildman–Crippen MR) is 59.3 cm³/mol. The molecule has 0 aliphatic heterocycles. The van der Waals surface area contributed by atoms with Crippen molar-refractivity contribution in [2.24, 2.45) is 5.41 Å². The third-order valence-corrected chi connectivity index (χ3v) is 2.19. The standard InChI is InChI=1S/C12H16N2/c1-12(2,3)7-9-6-10-4-5-13-11(10)14-8-9/h4-6,8H,7H2,1-3H3,(H,13,14). The van der Waals surface area contributed by atoms with Crippen molar-refractivity contribution >= 4 is 11.0 Å². The van der Waals surface area contributed by atoms with Crippen LogP contribution >= 0.6 is 0 Å². The molecule has 2 aromatic rings. The minimum absolute atomic E-state index is 0.325. The number of aromatic nitrogens is 2. The largest absolute Gasteiger partial charge is 0.346 e. The molecule has 0 bridgehead atoms. The molecule has 0 saturated carbocycles. The van der Waals surface area contributed by atoms with Crippen LogP contribution in [-0.4, -0.2) is 9.97 Å². The Morgan fingerprint density at radius 2 is 2.14 bits per heavy atom. The van der Waals surface area contributed by atoms with Crippen LogP contribution in [-0.2, 0) is 6.42 Å². The molecule has 0 aliphatic rings. The van der Waals surface area contributed by atoms with Gasteiger partial charge in [0.25, 0.3) is 0 Å². The summed E-state index contributed by atoms with van der Waals surface area (Å²) in [5.74, 6) is 0. The van der Waals surface area contributed by atoms with E-state index in [0.29, 0.717) is 5.41 Å². The number of hydrogen-bond donors (Lipinski definition) is 1. The smallest absolute Gasteiger partial charge is 0.137 e. The summed E-state index contributed by atoms with van der Waals surface area (Å²) in [6.07, 6.45) is 4.96. The summed E-state index contributed by atoms with van der Waals surface area (Å²) in [5, 5.41) is 1.20. The first kappa shape index (κ1) is 9.25. The molecular formula is C12H16N2. The molecule has 0 radical (unpaired) electrons. The molecule has 0 fully saturated rings. The highest BCUT2D eigenvalue weighted by Crippen LogP contribution is 2.21. The number of fused-ring (bicyclic) bond motifs is 1. The molecular weight excluding hydrogens is 172 g/mol. The van der Waals surface area contributed by atoms with Gasteiger partial charge in [0.15, 0.2) is 0 Å². The topological polar surface area (TPSA) is 28.7 Å². The Kier molecular flexibility index (Phi) is 2.06. The number of aromatic amines is 1. The second-order valence-electron chi connectivity index (χ2n) is 5.00. The maximum atomic E-state index is 4.37. The molecule has 2 aromatic heterocycles. The third-order valence-electron chi connectivity index (χ3n) is 2.19. The van der Waals surface area contributed by atoms with Crippen LogP contribution in [0.2, 0.25) is 0 Å². The highest BCUT2D eigenvalue weighted by atomic mass is 14.8. The lowest BCUT2D eigenvalue weighted by Gasteiger charge is -2.17. The molecule has 1 N–H and O–H groups in total. The molecule has 14 heavy (non-hydrogen) atoms. The van der Waals surface area contributed by atoms with Gasteiger partial charge in [0.1, 0.15) is 5.65 Å². The number of hydrogen-bond acceptors (Lipinski definition) is 1.